The molecule has 1 aromatic carbocycles. The van der Waals surface area contributed by atoms with Crippen molar-refractivity contribution in [2.75, 3.05) is 33.2 Å². The molecule has 0 N–H and O–H groups in total. The molecule has 0 spiro atoms. The molecule has 2 aliphatic rings. The molecule has 1 atom stereocenters. The van der Waals surface area contributed by atoms with Crippen molar-refractivity contribution in [3.05, 3.63) is 56.8 Å². The van der Waals surface area contributed by atoms with E-state index in [0.29, 0.717) is 40.8 Å². The van der Waals surface area contributed by atoms with Crippen LogP contribution in [0.3, 0.4) is 0 Å². The number of likely N-dealkylation sites (N-methyl/N-ethyl adjacent to an activating group) is 1. The third kappa shape index (κ3) is 5.80. The number of thiazole rings is 1. The van der Waals surface area contributed by atoms with Gasteiger partial charge in [0.2, 0.25) is 0 Å². The molecule has 0 bridgehead atoms. The van der Waals surface area contributed by atoms with Gasteiger partial charge in [-0.15, -0.1) is 11.3 Å². The molecule has 5 rings (SSSR count). The average molecular weight is 526 g/mol. The summed E-state index contributed by atoms with van der Waals surface area (Å²) in [5.41, 5.74) is -0.0118. The van der Waals surface area contributed by atoms with Gasteiger partial charge in [0.15, 0.2) is 5.78 Å². The summed E-state index contributed by atoms with van der Waals surface area (Å²) in [6, 6.07) is 3.22. The SMILES string of the molecule is CN1CCN(C(=O)c2cnc(CC(=O)C(CC3CCCCC3)n3cnc4ccc(F)cc4c3=O)s2)CC1. The van der Waals surface area contributed by atoms with Gasteiger partial charge in [0.05, 0.1) is 35.9 Å². The molecule has 1 saturated carbocycles. The molecule has 2 fully saturated rings. The number of carbonyl (C=O) groups excluding carboxylic acids is 2. The first-order valence-corrected chi connectivity index (χ1v) is 13.8. The highest BCUT2D eigenvalue weighted by molar-refractivity contribution is 7.13. The third-order valence-electron chi connectivity index (χ3n) is 7.61. The zero-order valence-electron chi connectivity index (χ0n) is 21.1. The molecule has 1 unspecified atom stereocenters. The Labute approximate surface area is 219 Å². The van der Waals surface area contributed by atoms with Gasteiger partial charge in [-0.05, 0) is 37.6 Å². The minimum atomic E-state index is -0.712. The molecule has 0 radical (unpaired) electrons. The number of amides is 1. The van der Waals surface area contributed by atoms with E-state index in [4.69, 9.17) is 0 Å². The smallest absolute Gasteiger partial charge is 0.265 e. The Morgan fingerprint density at radius 2 is 1.86 bits per heavy atom. The second-order valence-corrected chi connectivity index (χ2v) is 11.3. The Morgan fingerprint density at radius 1 is 1.11 bits per heavy atom. The van der Waals surface area contributed by atoms with E-state index in [1.165, 1.54) is 46.9 Å². The van der Waals surface area contributed by atoms with Crippen molar-refractivity contribution >= 4 is 33.9 Å². The number of benzene rings is 1. The maximum atomic E-state index is 13.9. The minimum Gasteiger partial charge on any atom is -0.335 e. The third-order valence-corrected chi connectivity index (χ3v) is 8.60. The highest BCUT2D eigenvalue weighted by Gasteiger charge is 2.29. The summed E-state index contributed by atoms with van der Waals surface area (Å²) in [6.45, 7) is 3.00. The summed E-state index contributed by atoms with van der Waals surface area (Å²) in [4.78, 5) is 53.2. The number of piperazine rings is 1. The fraction of sp³-hybridized carbons (Fsp3) is 0.519. The van der Waals surface area contributed by atoms with Crippen LogP contribution in [0.25, 0.3) is 10.9 Å². The van der Waals surface area contributed by atoms with Gasteiger partial charge in [-0.1, -0.05) is 32.1 Å². The second-order valence-electron chi connectivity index (χ2n) is 10.2. The van der Waals surface area contributed by atoms with Crippen LogP contribution in [-0.4, -0.2) is 69.3 Å². The van der Waals surface area contributed by atoms with Crippen LogP contribution >= 0.6 is 11.3 Å². The minimum absolute atomic E-state index is 0.0334. The van der Waals surface area contributed by atoms with Crippen molar-refractivity contribution in [3.63, 3.8) is 0 Å². The number of nitrogens with zero attached hydrogens (tertiary/aromatic N) is 5. The van der Waals surface area contributed by atoms with Crippen LogP contribution in [-0.2, 0) is 11.2 Å². The predicted molar refractivity (Wildman–Crippen MR) is 140 cm³/mol. The van der Waals surface area contributed by atoms with Gasteiger partial charge in [-0.3, -0.25) is 19.0 Å². The van der Waals surface area contributed by atoms with E-state index < -0.39 is 17.4 Å². The largest absolute Gasteiger partial charge is 0.335 e. The Bertz CT molecular complexity index is 1340. The van der Waals surface area contributed by atoms with Gasteiger partial charge in [-0.2, -0.15) is 0 Å². The lowest BCUT2D eigenvalue weighted by Crippen LogP contribution is -2.46. The van der Waals surface area contributed by atoms with E-state index in [9.17, 15) is 18.8 Å². The lowest BCUT2D eigenvalue weighted by molar-refractivity contribution is -0.122. The monoisotopic (exact) mass is 525 g/mol. The molecule has 3 aromatic rings. The van der Waals surface area contributed by atoms with E-state index in [0.717, 1.165) is 38.8 Å². The predicted octanol–water partition coefficient (Wildman–Crippen LogP) is 3.70. The summed E-state index contributed by atoms with van der Waals surface area (Å²) in [7, 11) is 2.04. The van der Waals surface area contributed by atoms with Gasteiger partial charge >= 0.3 is 0 Å². The first-order valence-electron chi connectivity index (χ1n) is 13.0. The van der Waals surface area contributed by atoms with Crippen molar-refractivity contribution in [2.24, 2.45) is 5.92 Å². The molecule has 196 valence electrons. The molecule has 1 aliphatic heterocycles. The number of rotatable bonds is 7. The van der Waals surface area contributed by atoms with Crippen LogP contribution in [0.2, 0.25) is 0 Å². The highest BCUT2D eigenvalue weighted by Crippen LogP contribution is 2.32. The van der Waals surface area contributed by atoms with Crippen molar-refractivity contribution in [1.82, 2.24) is 24.3 Å². The zero-order valence-corrected chi connectivity index (χ0v) is 21.9. The first kappa shape index (κ1) is 25.7. The molecular formula is C27H32FN5O3S. The van der Waals surface area contributed by atoms with E-state index in [1.54, 1.807) is 6.20 Å². The highest BCUT2D eigenvalue weighted by atomic mass is 32.1. The number of Topliss-reactive ketones (excluding diaryl/α,β-unsaturated/α-hetero) is 1. The standard InChI is InChI=1S/C27H32FN5O3S/c1-31-9-11-32(12-10-31)27(36)24-16-29-25(37-24)15-23(34)22(13-18-5-3-2-4-6-18)33-17-30-21-8-7-19(28)14-20(21)26(33)35/h7-8,14,16-18,22H,2-6,9-13,15H2,1H3. The van der Waals surface area contributed by atoms with E-state index in [1.807, 2.05) is 11.9 Å². The number of aromatic nitrogens is 3. The van der Waals surface area contributed by atoms with E-state index >= 15 is 0 Å². The molecule has 1 aliphatic carbocycles. The maximum Gasteiger partial charge on any atom is 0.265 e. The van der Waals surface area contributed by atoms with Crippen LogP contribution in [0.1, 0.15) is 59.2 Å². The fourth-order valence-electron chi connectivity index (χ4n) is 5.39. The molecule has 10 heteroatoms. The van der Waals surface area contributed by atoms with Crippen molar-refractivity contribution < 1.29 is 14.0 Å². The van der Waals surface area contributed by atoms with Gasteiger partial charge in [0, 0.05) is 26.2 Å². The molecule has 3 heterocycles. The lowest BCUT2D eigenvalue weighted by atomic mass is 9.83. The number of hydrogen-bond acceptors (Lipinski definition) is 7. The van der Waals surface area contributed by atoms with Crippen LogP contribution in [0, 0.1) is 11.7 Å². The summed E-state index contributed by atoms with van der Waals surface area (Å²) in [5.74, 6) is -0.374. The quantitative estimate of drug-likeness (QED) is 0.467. The van der Waals surface area contributed by atoms with Crippen molar-refractivity contribution in [3.8, 4) is 0 Å². The van der Waals surface area contributed by atoms with E-state index in [-0.39, 0.29) is 23.5 Å². The molecular weight excluding hydrogens is 493 g/mol. The maximum absolute atomic E-state index is 13.9. The summed E-state index contributed by atoms with van der Waals surface area (Å²) >= 11 is 1.24. The normalized spacial score (nSPS) is 18.3. The van der Waals surface area contributed by atoms with Crippen LogP contribution in [0.15, 0.2) is 35.5 Å². The molecule has 8 nitrogen and oxygen atoms in total. The number of carbonyl (C=O) groups is 2. The van der Waals surface area contributed by atoms with Gasteiger partial charge in [0.1, 0.15) is 15.7 Å². The van der Waals surface area contributed by atoms with Crippen molar-refractivity contribution in [2.45, 2.75) is 51.0 Å². The van der Waals surface area contributed by atoms with Crippen LogP contribution in [0.4, 0.5) is 4.39 Å². The van der Waals surface area contributed by atoms with Gasteiger partial charge in [-0.25, -0.2) is 14.4 Å². The summed E-state index contributed by atoms with van der Waals surface area (Å²) in [6.07, 6.45) is 9.01. The van der Waals surface area contributed by atoms with E-state index in [2.05, 4.69) is 14.9 Å². The summed E-state index contributed by atoms with van der Waals surface area (Å²) in [5, 5.41) is 0.724. The second kappa shape index (κ2) is 11.2. The molecule has 1 saturated heterocycles. The Hall–Kier alpha value is -2.98. The number of ketones is 1. The van der Waals surface area contributed by atoms with Crippen molar-refractivity contribution in [1.29, 1.82) is 0 Å². The van der Waals surface area contributed by atoms with Gasteiger partial charge in [0.25, 0.3) is 11.5 Å². The molecule has 2 aromatic heterocycles. The lowest BCUT2D eigenvalue weighted by Gasteiger charge is -2.32. The number of hydrogen-bond donors (Lipinski definition) is 0. The number of halogens is 1. The first-order chi connectivity index (χ1) is 17.9. The van der Waals surface area contributed by atoms with Gasteiger partial charge < -0.3 is 9.80 Å². The Balaban J connectivity index is 1.38. The molecule has 37 heavy (non-hydrogen) atoms. The summed E-state index contributed by atoms with van der Waals surface area (Å²) < 4.78 is 15.3. The number of fused-ring (bicyclic) bond motifs is 1. The molecule has 1 amide bonds. The zero-order chi connectivity index (χ0) is 25.9. The van der Waals surface area contributed by atoms with Crippen LogP contribution in [0.5, 0.6) is 0 Å². The fourth-order valence-corrected chi connectivity index (χ4v) is 6.29. The Kier molecular flexibility index (Phi) is 7.76. The Morgan fingerprint density at radius 3 is 2.62 bits per heavy atom. The topological polar surface area (TPSA) is 88.4 Å². The van der Waals surface area contributed by atoms with Crippen LogP contribution < -0.4 is 5.56 Å². The average Bonchev–Trinajstić information content (AvgIpc) is 3.37.